The fourth-order valence-electron chi connectivity index (χ4n) is 3.05. The van der Waals surface area contributed by atoms with E-state index in [1.807, 2.05) is 36.5 Å². The summed E-state index contributed by atoms with van der Waals surface area (Å²) in [4.78, 5) is 15.5. The molecule has 1 aromatic heterocycles. The highest BCUT2D eigenvalue weighted by molar-refractivity contribution is 6.31. The lowest BCUT2D eigenvalue weighted by Gasteiger charge is -2.10. The normalized spacial score (nSPS) is 17.0. The molecular formula is C17H13ClN2O. The molecule has 4 heteroatoms. The van der Waals surface area contributed by atoms with Crippen molar-refractivity contribution in [2.75, 3.05) is 5.32 Å². The fourth-order valence-corrected chi connectivity index (χ4v) is 3.22. The number of H-pyrrole nitrogens is 1. The van der Waals surface area contributed by atoms with Crippen LogP contribution in [0.5, 0.6) is 0 Å². The molecule has 0 aliphatic carbocycles. The number of rotatable bonds is 2. The number of carbonyl (C=O) groups is 1. The third kappa shape index (κ3) is 2.01. The van der Waals surface area contributed by atoms with Crippen molar-refractivity contribution in [2.24, 2.45) is 0 Å². The molecule has 1 aliphatic rings. The van der Waals surface area contributed by atoms with E-state index >= 15 is 0 Å². The van der Waals surface area contributed by atoms with Crippen LogP contribution in [0.4, 0.5) is 5.69 Å². The number of anilines is 1. The summed E-state index contributed by atoms with van der Waals surface area (Å²) in [5.41, 5.74) is 4.13. The summed E-state index contributed by atoms with van der Waals surface area (Å²) in [5, 5.41) is 4.73. The van der Waals surface area contributed by atoms with Crippen LogP contribution in [0.15, 0.2) is 48.7 Å². The smallest absolute Gasteiger partial charge is 0.232 e. The van der Waals surface area contributed by atoms with E-state index in [9.17, 15) is 4.79 Å². The molecular weight excluding hydrogens is 284 g/mol. The van der Waals surface area contributed by atoms with E-state index in [-0.39, 0.29) is 11.8 Å². The Morgan fingerprint density at radius 2 is 2.05 bits per heavy atom. The van der Waals surface area contributed by atoms with Crippen LogP contribution in [0.1, 0.15) is 17.0 Å². The van der Waals surface area contributed by atoms with Gasteiger partial charge in [-0.1, -0.05) is 29.8 Å². The maximum atomic E-state index is 12.3. The fraction of sp³-hybridized carbons (Fsp3) is 0.118. The van der Waals surface area contributed by atoms with Crippen LogP contribution in [0.25, 0.3) is 10.9 Å². The number of hydrogen-bond donors (Lipinski definition) is 2. The van der Waals surface area contributed by atoms with Crippen LogP contribution in [-0.2, 0) is 11.2 Å². The van der Waals surface area contributed by atoms with Gasteiger partial charge in [-0.3, -0.25) is 4.79 Å². The SMILES string of the molecule is O=C1Nc2cc(Cl)ccc2[C@@H]1Cc1cccc2[nH]ccc12. The summed E-state index contributed by atoms with van der Waals surface area (Å²) in [5.74, 6) is -0.113. The van der Waals surface area contributed by atoms with E-state index in [0.29, 0.717) is 11.4 Å². The molecule has 1 amide bonds. The van der Waals surface area contributed by atoms with E-state index in [1.165, 1.54) is 10.9 Å². The van der Waals surface area contributed by atoms with Crippen molar-refractivity contribution in [3.63, 3.8) is 0 Å². The zero-order valence-corrected chi connectivity index (χ0v) is 11.9. The maximum absolute atomic E-state index is 12.3. The molecule has 21 heavy (non-hydrogen) atoms. The number of fused-ring (bicyclic) bond motifs is 2. The van der Waals surface area contributed by atoms with Crippen molar-refractivity contribution in [1.29, 1.82) is 0 Å². The average molecular weight is 297 g/mol. The molecule has 3 nitrogen and oxygen atoms in total. The average Bonchev–Trinajstić information content (AvgIpc) is 3.04. The number of amides is 1. The van der Waals surface area contributed by atoms with Crippen LogP contribution >= 0.6 is 11.6 Å². The van der Waals surface area contributed by atoms with Gasteiger partial charge in [-0.25, -0.2) is 0 Å². The number of aromatic nitrogens is 1. The predicted molar refractivity (Wildman–Crippen MR) is 84.8 cm³/mol. The third-order valence-corrected chi connectivity index (χ3v) is 4.31. The molecule has 0 saturated carbocycles. The molecule has 4 rings (SSSR count). The first kappa shape index (κ1) is 12.5. The van der Waals surface area contributed by atoms with Crippen LogP contribution < -0.4 is 5.32 Å². The van der Waals surface area contributed by atoms with E-state index in [4.69, 9.17) is 11.6 Å². The molecule has 0 fully saturated rings. The number of nitrogens with one attached hydrogen (secondary N) is 2. The molecule has 1 atom stereocenters. The molecule has 2 heterocycles. The molecule has 0 bridgehead atoms. The number of hydrogen-bond acceptors (Lipinski definition) is 1. The van der Waals surface area contributed by atoms with Crippen molar-refractivity contribution in [2.45, 2.75) is 12.3 Å². The minimum atomic E-state index is -0.155. The minimum Gasteiger partial charge on any atom is -0.361 e. The van der Waals surface area contributed by atoms with Gasteiger partial charge in [-0.15, -0.1) is 0 Å². The van der Waals surface area contributed by atoms with E-state index in [1.54, 1.807) is 0 Å². The highest BCUT2D eigenvalue weighted by atomic mass is 35.5. The molecule has 0 saturated heterocycles. The zero-order chi connectivity index (χ0) is 14.4. The Kier molecular flexibility index (Phi) is 2.76. The molecule has 104 valence electrons. The van der Waals surface area contributed by atoms with Crippen molar-refractivity contribution in [3.8, 4) is 0 Å². The van der Waals surface area contributed by atoms with Gasteiger partial charge >= 0.3 is 0 Å². The number of benzene rings is 2. The van der Waals surface area contributed by atoms with Gasteiger partial charge in [0.15, 0.2) is 0 Å². The lowest BCUT2D eigenvalue weighted by atomic mass is 9.92. The first-order valence-electron chi connectivity index (χ1n) is 6.87. The largest absolute Gasteiger partial charge is 0.361 e. The van der Waals surface area contributed by atoms with Gasteiger partial charge in [-0.2, -0.15) is 0 Å². The quantitative estimate of drug-likeness (QED) is 0.735. The Balaban J connectivity index is 1.75. The number of halogens is 1. The molecule has 0 radical (unpaired) electrons. The zero-order valence-electron chi connectivity index (χ0n) is 11.2. The maximum Gasteiger partial charge on any atom is 0.232 e. The molecule has 0 spiro atoms. The van der Waals surface area contributed by atoms with E-state index < -0.39 is 0 Å². The third-order valence-electron chi connectivity index (χ3n) is 4.07. The highest BCUT2D eigenvalue weighted by Crippen LogP contribution is 2.37. The Morgan fingerprint density at radius 1 is 1.14 bits per heavy atom. The van der Waals surface area contributed by atoms with E-state index in [2.05, 4.69) is 22.4 Å². The van der Waals surface area contributed by atoms with Gasteiger partial charge in [0.05, 0.1) is 5.92 Å². The molecule has 0 unspecified atom stereocenters. The second-order valence-corrected chi connectivity index (χ2v) is 5.77. The van der Waals surface area contributed by atoms with E-state index in [0.717, 1.165) is 16.8 Å². The Bertz CT molecular complexity index is 853. The first-order valence-corrected chi connectivity index (χ1v) is 7.25. The van der Waals surface area contributed by atoms with Crippen molar-refractivity contribution < 1.29 is 4.79 Å². The van der Waals surface area contributed by atoms with Crippen molar-refractivity contribution in [3.05, 3.63) is 64.8 Å². The molecule has 1 aliphatic heterocycles. The predicted octanol–water partition coefficient (Wildman–Crippen LogP) is 4.10. The first-order chi connectivity index (χ1) is 10.2. The van der Waals surface area contributed by atoms with Crippen LogP contribution in [0, 0.1) is 0 Å². The van der Waals surface area contributed by atoms with Gasteiger partial charge in [0.25, 0.3) is 0 Å². The lowest BCUT2D eigenvalue weighted by molar-refractivity contribution is -0.117. The van der Waals surface area contributed by atoms with Gasteiger partial charge in [0.2, 0.25) is 5.91 Å². The summed E-state index contributed by atoms with van der Waals surface area (Å²) < 4.78 is 0. The van der Waals surface area contributed by atoms with Gasteiger partial charge < -0.3 is 10.3 Å². The van der Waals surface area contributed by atoms with Crippen molar-refractivity contribution >= 4 is 34.1 Å². The second-order valence-electron chi connectivity index (χ2n) is 5.33. The van der Waals surface area contributed by atoms with Crippen LogP contribution in [-0.4, -0.2) is 10.9 Å². The molecule has 3 aromatic rings. The number of carbonyl (C=O) groups excluding carboxylic acids is 1. The highest BCUT2D eigenvalue weighted by Gasteiger charge is 2.30. The summed E-state index contributed by atoms with van der Waals surface area (Å²) >= 11 is 5.99. The summed E-state index contributed by atoms with van der Waals surface area (Å²) in [7, 11) is 0. The Hall–Kier alpha value is -2.26. The molecule has 2 N–H and O–H groups in total. The standard InChI is InChI=1S/C17H13ClN2O/c18-11-4-5-13-14(17(21)20-16(13)9-11)8-10-2-1-3-15-12(10)6-7-19-15/h1-7,9,14,19H,8H2,(H,20,21)/t14-/m0/s1. The second kappa shape index (κ2) is 4.64. The van der Waals surface area contributed by atoms with Gasteiger partial charge in [0, 0.05) is 27.8 Å². The summed E-state index contributed by atoms with van der Waals surface area (Å²) in [6, 6.07) is 13.8. The minimum absolute atomic E-state index is 0.0415. The Labute approximate surface area is 126 Å². The summed E-state index contributed by atoms with van der Waals surface area (Å²) in [6.07, 6.45) is 2.62. The summed E-state index contributed by atoms with van der Waals surface area (Å²) in [6.45, 7) is 0. The monoisotopic (exact) mass is 296 g/mol. The Morgan fingerprint density at radius 3 is 2.95 bits per heavy atom. The van der Waals surface area contributed by atoms with Gasteiger partial charge in [-0.05, 0) is 41.8 Å². The van der Waals surface area contributed by atoms with Crippen LogP contribution in [0.3, 0.4) is 0 Å². The molecule has 2 aromatic carbocycles. The van der Waals surface area contributed by atoms with Gasteiger partial charge in [0.1, 0.15) is 0 Å². The number of aromatic amines is 1. The van der Waals surface area contributed by atoms with Crippen molar-refractivity contribution in [1.82, 2.24) is 4.98 Å². The lowest BCUT2D eigenvalue weighted by Crippen LogP contribution is -2.14. The topological polar surface area (TPSA) is 44.9 Å². The van der Waals surface area contributed by atoms with Crippen LogP contribution in [0.2, 0.25) is 5.02 Å².